The van der Waals surface area contributed by atoms with Crippen molar-refractivity contribution in [3.63, 3.8) is 0 Å². The van der Waals surface area contributed by atoms with Crippen LogP contribution in [-0.4, -0.2) is 13.1 Å². The summed E-state index contributed by atoms with van der Waals surface area (Å²) in [7, 11) is 0. The molecule has 0 amide bonds. The van der Waals surface area contributed by atoms with E-state index in [9.17, 15) is 4.39 Å². The smallest absolute Gasteiger partial charge is 0.123 e. The molecule has 1 aliphatic rings. The zero-order valence-electron chi connectivity index (χ0n) is 13.1. The molecule has 0 heterocycles. The van der Waals surface area contributed by atoms with Crippen LogP contribution in [0.1, 0.15) is 44.2 Å². The van der Waals surface area contributed by atoms with Crippen molar-refractivity contribution in [2.45, 2.75) is 46.5 Å². The molecule has 0 saturated heterocycles. The molecule has 1 fully saturated rings. The van der Waals surface area contributed by atoms with Gasteiger partial charge in [-0.1, -0.05) is 26.3 Å². The number of halogens is 1. The lowest BCUT2D eigenvalue weighted by Crippen LogP contribution is -2.29. The first-order valence-electron chi connectivity index (χ1n) is 8.02. The molecule has 0 bridgehead atoms. The first-order valence-corrected chi connectivity index (χ1v) is 8.02. The summed E-state index contributed by atoms with van der Waals surface area (Å²) in [4.78, 5) is 0. The van der Waals surface area contributed by atoms with Crippen LogP contribution in [0, 0.1) is 30.5 Å². The molecule has 2 rings (SSSR count). The summed E-state index contributed by atoms with van der Waals surface area (Å²) < 4.78 is 13.2. The predicted molar refractivity (Wildman–Crippen MR) is 83.4 cm³/mol. The van der Waals surface area contributed by atoms with Crippen LogP contribution in [0.2, 0.25) is 0 Å². The fourth-order valence-electron chi connectivity index (χ4n) is 3.38. The molecule has 1 aliphatic carbocycles. The monoisotopic (exact) mass is 277 g/mol. The summed E-state index contributed by atoms with van der Waals surface area (Å²) in [6, 6.07) is 5.24. The van der Waals surface area contributed by atoms with Crippen molar-refractivity contribution in [1.29, 1.82) is 0 Å². The summed E-state index contributed by atoms with van der Waals surface area (Å²) in [5, 5.41) is 3.61. The molecule has 1 N–H and O–H groups in total. The molecule has 2 atom stereocenters. The average Bonchev–Trinajstić information content (AvgIpc) is 2.80. The average molecular weight is 277 g/mol. The molecule has 0 aliphatic heterocycles. The van der Waals surface area contributed by atoms with E-state index in [2.05, 4.69) is 19.2 Å². The standard InChI is InChI=1S/C18H28FN/c1-13(2)11-20-12-17-6-4-5-16(17)10-15-7-8-18(19)9-14(15)3/h7-9,13,16-17,20H,4-6,10-12H2,1-3H3. The molecule has 2 unspecified atom stereocenters. The van der Waals surface area contributed by atoms with Gasteiger partial charge in [-0.3, -0.25) is 0 Å². The second-order valence-electron chi connectivity index (χ2n) is 6.78. The van der Waals surface area contributed by atoms with E-state index in [-0.39, 0.29) is 5.82 Å². The zero-order chi connectivity index (χ0) is 14.5. The first kappa shape index (κ1) is 15.5. The van der Waals surface area contributed by atoms with E-state index in [4.69, 9.17) is 0 Å². The second kappa shape index (κ2) is 7.21. The van der Waals surface area contributed by atoms with E-state index in [0.717, 1.165) is 36.9 Å². The van der Waals surface area contributed by atoms with E-state index in [1.807, 2.05) is 13.0 Å². The van der Waals surface area contributed by atoms with Gasteiger partial charge in [0, 0.05) is 0 Å². The maximum absolute atomic E-state index is 13.2. The zero-order valence-corrected chi connectivity index (χ0v) is 13.1. The molecule has 1 aromatic carbocycles. The molecule has 1 aromatic rings. The van der Waals surface area contributed by atoms with Gasteiger partial charge in [-0.25, -0.2) is 4.39 Å². The van der Waals surface area contributed by atoms with Crippen LogP contribution in [0.25, 0.3) is 0 Å². The second-order valence-corrected chi connectivity index (χ2v) is 6.78. The highest BCUT2D eigenvalue weighted by atomic mass is 19.1. The molecule has 1 saturated carbocycles. The molecule has 20 heavy (non-hydrogen) atoms. The van der Waals surface area contributed by atoms with Crippen molar-refractivity contribution in [2.75, 3.05) is 13.1 Å². The van der Waals surface area contributed by atoms with Gasteiger partial charge >= 0.3 is 0 Å². The SMILES string of the molecule is Cc1cc(F)ccc1CC1CCCC1CNCC(C)C. The van der Waals surface area contributed by atoms with Crippen molar-refractivity contribution in [2.24, 2.45) is 17.8 Å². The van der Waals surface area contributed by atoms with Crippen molar-refractivity contribution in [1.82, 2.24) is 5.32 Å². The minimum atomic E-state index is -0.118. The predicted octanol–water partition coefficient (Wildman–Crippen LogP) is 4.34. The van der Waals surface area contributed by atoms with Crippen molar-refractivity contribution in [3.05, 3.63) is 35.1 Å². The lowest BCUT2D eigenvalue weighted by atomic mass is 9.88. The van der Waals surface area contributed by atoms with Gasteiger partial charge in [0.15, 0.2) is 0 Å². The van der Waals surface area contributed by atoms with E-state index >= 15 is 0 Å². The highest BCUT2D eigenvalue weighted by Gasteiger charge is 2.27. The molecular formula is C18H28FN. The number of nitrogens with one attached hydrogen (secondary N) is 1. The molecule has 0 aromatic heterocycles. The Labute approximate surface area is 123 Å². The topological polar surface area (TPSA) is 12.0 Å². The Balaban J connectivity index is 1.90. The Morgan fingerprint density at radius 2 is 2.00 bits per heavy atom. The third-order valence-corrected chi connectivity index (χ3v) is 4.56. The number of rotatable bonds is 6. The Morgan fingerprint density at radius 1 is 1.25 bits per heavy atom. The number of benzene rings is 1. The van der Waals surface area contributed by atoms with Crippen LogP contribution in [0.3, 0.4) is 0 Å². The van der Waals surface area contributed by atoms with Crippen LogP contribution < -0.4 is 5.32 Å². The normalized spacial score (nSPS) is 22.6. The maximum Gasteiger partial charge on any atom is 0.123 e. The lowest BCUT2D eigenvalue weighted by molar-refractivity contribution is 0.357. The third kappa shape index (κ3) is 4.31. The van der Waals surface area contributed by atoms with Gasteiger partial charge in [-0.05, 0) is 80.3 Å². The maximum atomic E-state index is 13.2. The summed E-state index contributed by atoms with van der Waals surface area (Å²) in [5.74, 6) is 2.15. The largest absolute Gasteiger partial charge is 0.316 e. The fraction of sp³-hybridized carbons (Fsp3) is 0.667. The van der Waals surface area contributed by atoms with Crippen molar-refractivity contribution < 1.29 is 4.39 Å². The number of hydrogen-bond donors (Lipinski definition) is 1. The summed E-state index contributed by atoms with van der Waals surface area (Å²) in [6.07, 6.45) is 5.12. The van der Waals surface area contributed by atoms with Crippen LogP contribution in [0.5, 0.6) is 0 Å². The van der Waals surface area contributed by atoms with Crippen LogP contribution in [0.4, 0.5) is 4.39 Å². The Morgan fingerprint density at radius 3 is 2.70 bits per heavy atom. The minimum Gasteiger partial charge on any atom is -0.316 e. The first-order chi connectivity index (χ1) is 9.56. The summed E-state index contributed by atoms with van der Waals surface area (Å²) >= 11 is 0. The van der Waals surface area contributed by atoms with Gasteiger partial charge in [-0.2, -0.15) is 0 Å². The molecule has 0 spiro atoms. The van der Waals surface area contributed by atoms with E-state index in [1.54, 1.807) is 12.1 Å². The Bertz CT molecular complexity index is 427. The Kier molecular flexibility index (Phi) is 5.59. The Hall–Kier alpha value is -0.890. The molecule has 1 nitrogen and oxygen atoms in total. The molecule has 2 heteroatoms. The van der Waals surface area contributed by atoms with Crippen LogP contribution in [0.15, 0.2) is 18.2 Å². The highest BCUT2D eigenvalue weighted by Crippen LogP contribution is 2.34. The van der Waals surface area contributed by atoms with E-state index in [1.165, 1.54) is 24.8 Å². The van der Waals surface area contributed by atoms with Crippen molar-refractivity contribution in [3.8, 4) is 0 Å². The summed E-state index contributed by atoms with van der Waals surface area (Å²) in [6.45, 7) is 8.78. The van der Waals surface area contributed by atoms with Gasteiger partial charge < -0.3 is 5.32 Å². The van der Waals surface area contributed by atoms with E-state index in [0.29, 0.717) is 5.92 Å². The van der Waals surface area contributed by atoms with Gasteiger partial charge in [0.05, 0.1) is 0 Å². The quantitative estimate of drug-likeness (QED) is 0.815. The minimum absolute atomic E-state index is 0.118. The molecule has 0 radical (unpaired) electrons. The van der Waals surface area contributed by atoms with Gasteiger partial charge in [0.2, 0.25) is 0 Å². The number of hydrogen-bond acceptors (Lipinski definition) is 1. The highest BCUT2D eigenvalue weighted by molar-refractivity contribution is 5.27. The van der Waals surface area contributed by atoms with Gasteiger partial charge in [0.1, 0.15) is 5.82 Å². The van der Waals surface area contributed by atoms with Gasteiger partial charge in [-0.15, -0.1) is 0 Å². The lowest BCUT2D eigenvalue weighted by Gasteiger charge is -2.21. The molecular weight excluding hydrogens is 249 g/mol. The van der Waals surface area contributed by atoms with Gasteiger partial charge in [0.25, 0.3) is 0 Å². The van der Waals surface area contributed by atoms with Crippen LogP contribution in [-0.2, 0) is 6.42 Å². The van der Waals surface area contributed by atoms with Crippen LogP contribution >= 0.6 is 0 Å². The van der Waals surface area contributed by atoms with Crippen molar-refractivity contribution >= 4 is 0 Å². The van der Waals surface area contributed by atoms with E-state index < -0.39 is 0 Å². The molecule has 112 valence electrons. The summed E-state index contributed by atoms with van der Waals surface area (Å²) in [5.41, 5.74) is 2.43. The third-order valence-electron chi connectivity index (χ3n) is 4.56. The number of aryl methyl sites for hydroxylation is 1. The fourth-order valence-corrected chi connectivity index (χ4v) is 3.38.